The number of ketones is 1. The maximum atomic E-state index is 13.7. The molecule has 0 bridgehead atoms. The Morgan fingerprint density at radius 2 is 1.88 bits per heavy atom. The molecule has 0 saturated carbocycles. The van der Waals surface area contributed by atoms with E-state index in [1.165, 1.54) is 6.42 Å². The topological polar surface area (TPSA) is 52.7 Å². The molecule has 2 aliphatic heterocycles. The van der Waals surface area contributed by atoms with Gasteiger partial charge < -0.3 is 15.1 Å². The van der Waals surface area contributed by atoms with Crippen molar-refractivity contribution < 1.29 is 9.59 Å². The number of piperidine rings is 1. The number of likely N-dealkylation sites (tertiary alicyclic amines) is 1. The molecule has 2 aliphatic carbocycles. The summed E-state index contributed by atoms with van der Waals surface area (Å²) in [4.78, 5) is 31.5. The Labute approximate surface area is 197 Å². The van der Waals surface area contributed by atoms with Crippen LogP contribution in [-0.2, 0) is 9.59 Å². The van der Waals surface area contributed by atoms with Gasteiger partial charge in [0, 0.05) is 30.8 Å². The van der Waals surface area contributed by atoms with Crippen LogP contribution in [0.5, 0.6) is 0 Å². The number of nitrogens with zero attached hydrogens (tertiary/aromatic N) is 2. The maximum Gasteiger partial charge on any atom is 0.242 e. The summed E-state index contributed by atoms with van der Waals surface area (Å²) in [6.45, 7) is 6.40. The van der Waals surface area contributed by atoms with Gasteiger partial charge in [0.25, 0.3) is 0 Å². The Hall–Kier alpha value is -2.56. The fourth-order valence-corrected chi connectivity index (χ4v) is 6.25. The number of amides is 1. The van der Waals surface area contributed by atoms with E-state index < -0.39 is 0 Å². The van der Waals surface area contributed by atoms with Crippen LogP contribution in [0.3, 0.4) is 0 Å². The standard InChI is InChI=1S/C28H37N3O2/c1-28(2)17-22-26(24(32)18-28)27(20-11-5-3-6-12-20)31(23-14-8-7-13-21(23)29-22)19-25(33)30-15-9-4-10-16-30/h3,5,7-8,13-14,20,27,29H,4,6,9-12,15-19H2,1-2H3/t20-,27-/m1/s1. The van der Waals surface area contributed by atoms with Crippen molar-refractivity contribution in [1.29, 1.82) is 0 Å². The van der Waals surface area contributed by atoms with Crippen molar-refractivity contribution in [3.05, 3.63) is 47.7 Å². The molecule has 5 heteroatoms. The van der Waals surface area contributed by atoms with Crippen LogP contribution in [0, 0.1) is 11.3 Å². The predicted octanol–water partition coefficient (Wildman–Crippen LogP) is 5.30. The molecule has 0 aromatic heterocycles. The molecule has 1 fully saturated rings. The average molecular weight is 448 g/mol. The highest BCUT2D eigenvalue weighted by Gasteiger charge is 2.44. The van der Waals surface area contributed by atoms with Gasteiger partial charge in [0.15, 0.2) is 5.78 Å². The Morgan fingerprint density at radius 1 is 1.09 bits per heavy atom. The highest BCUT2D eigenvalue weighted by molar-refractivity contribution is 6.01. The van der Waals surface area contributed by atoms with E-state index in [0.717, 1.165) is 74.3 Å². The smallest absolute Gasteiger partial charge is 0.242 e. The largest absolute Gasteiger partial charge is 0.357 e. The van der Waals surface area contributed by atoms with Gasteiger partial charge in [-0.2, -0.15) is 0 Å². The van der Waals surface area contributed by atoms with E-state index >= 15 is 0 Å². The predicted molar refractivity (Wildman–Crippen MR) is 133 cm³/mol. The van der Waals surface area contributed by atoms with Crippen molar-refractivity contribution in [3.8, 4) is 0 Å². The fourth-order valence-electron chi connectivity index (χ4n) is 6.25. The van der Waals surface area contributed by atoms with Crippen LogP contribution >= 0.6 is 0 Å². The fraction of sp³-hybridized carbons (Fsp3) is 0.571. The van der Waals surface area contributed by atoms with E-state index in [1.54, 1.807) is 0 Å². The summed E-state index contributed by atoms with van der Waals surface area (Å²) in [5, 5.41) is 3.67. The molecule has 0 unspecified atom stereocenters. The molecule has 5 nitrogen and oxygen atoms in total. The third kappa shape index (κ3) is 4.47. The molecule has 4 aliphatic rings. The molecule has 1 saturated heterocycles. The summed E-state index contributed by atoms with van der Waals surface area (Å²) in [6.07, 6.45) is 12.4. The van der Waals surface area contributed by atoms with Crippen molar-refractivity contribution in [3.63, 3.8) is 0 Å². The van der Waals surface area contributed by atoms with Crippen LogP contribution in [0.25, 0.3) is 0 Å². The molecule has 0 radical (unpaired) electrons. The minimum Gasteiger partial charge on any atom is -0.357 e. The van der Waals surface area contributed by atoms with E-state index in [9.17, 15) is 9.59 Å². The number of para-hydroxylation sites is 2. The van der Waals surface area contributed by atoms with Crippen molar-refractivity contribution in [2.24, 2.45) is 11.3 Å². The summed E-state index contributed by atoms with van der Waals surface area (Å²) < 4.78 is 0. The maximum absolute atomic E-state index is 13.7. The molecule has 33 heavy (non-hydrogen) atoms. The van der Waals surface area contributed by atoms with E-state index in [4.69, 9.17) is 0 Å². The lowest BCUT2D eigenvalue weighted by atomic mass is 9.71. The van der Waals surface area contributed by atoms with Gasteiger partial charge in [-0.05, 0) is 68.4 Å². The number of carbonyl (C=O) groups is 2. The van der Waals surface area contributed by atoms with E-state index in [0.29, 0.717) is 18.9 Å². The van der Waals surface area contributed by atoms with Gasteiger partial charge in [0.2, 0.25) is 5.91 Å². The molecular weight excluding hydrogens is 410 g/mol. The number of anilines is 2. The molecule has 1 aromatic rings. The van der Waals surface area contributed by atoms with E-state index in [2.05, 4.69) is 48.3 Å². The first-order valence-electron chi connectivity index (χ1n) is 12.7. The number of hydrogen-bond donors (Lipinski definition) is 1. The lowest BCUT2D eigenvalue weighted by Crippen LogP contribution is -2.51. The third-order valence-corrected chi connectivity index (χ3v) is 7.82. The lowest BCUT2D eigenvalue weighted by Gasteiger charge is -2.42. The zero-order valence-electron chi connectivity index (χ0n) is 20.1. The zero-order chi connectivity index (χ0) is 23.0. The van der Waals surface area contributed by atoms with Crippen LogP contribution in [0.4, 0.5) is 11.4 Å². The number of benzene rings is 1. The molecule has 176 valence electrons. The van der Waals surface area contributed by atoms with Crippen LogP contribution in [0.2, 0.25) is 0 Å². The van der Waals surface area contributed by atoms with E-state index in [-0.39, 0.29) is 23.1 Å². The van der Waals surface area contributed by atoms with Gasteiger partial charge >= 0.3 is 0 Å². The quantitative estimate of drug-likeness (QED) is 0.639. The monoisotopic (exact) mass is 447 g/mol. The summed E-state index contributed by atoms with van der Waals surface area (Å²) in [7, 11) is 0. The molecule has 1 aromatic carbocycles. The van der Waals surface area contributed by atoms with Crippen molar-refractivity contribution in [2.45, 2.75) is 71.3 Å². The zero-order valence-corrected chi connectivity index (χ0v) is 20.1. The third-order valence-electron chi connectivity index (χ3n) is 7.82. The SMILES string of the molecule is CC1(C)CC(=O)C2=C(C1)Nc1ccccc1N(CC(=O)N1CCCCC1)[C@@H]2[C@@H]1CC=CCC1. The van der Waals surface area contributed by atoms with Crippen LogP contribution < -0.4 is 10.2 Å². The normalized spacial score (nSPS) is 26.9. The first-order valence-corrected chi connectivity index (χ1v) is 12.7. The first-order chi connectivity index (χ1) is 15.9. The van der Waals surface area contributed by atoms with Gasteiger partial charge in [-0.25, -0.2) is 0 Å². The first kappa shape index (κ1) is 22.2. The van der Waals surface area contributed by atoms with Gasteiger partial charge in [0.05, 0.1) is 24.0 Å². The average Bonchev–Trinajstić information content (AvgIpc) is 2.94. The van der Waals surface area contributed by atoms with Crippen molar-refractivity contribution in [1.82, 2.24) is 4.90 Å². The molecule has 2 atom stereocenters. The Morgan fingerprint density at radius 3 is 2.64 bits per heavy atom. The molecule has 0 spiro atoms. The summed E-state index contributed by atoms with van der Waals surface area (Å²) in [5.74, 6) is 0.761. The van der Waals surface area contributed by atoms with Crippen molar-refractivity contribution >= 4 is 23.1 Å². The Balaban J connectivity index is 1.60. The van der Waals surface area contributed by atoms with Crippen molar-refractivity contribution in [2.75, 3.05) is 29.9 Å². The van der Waals surface area contributed by atoms with Crippen LogP contribution in [0.15, 0.2) is 47.7 Å². The molecule has 1 N–H and O–H groups in total. The highest BCUT2D eigenvalue weighted by atomic mass is 16.2. The minimum absolute atomic E-state index is 0.0618. The summed E-state index contributed by atoms with van der Waals surface area (Å²) >= 11 is 0. The van der Waals surface area contributed by atoms with Crippen LogP contribution in [0.1, 0.15) is 65.2 Å². The molecular formula is C28H37N3O2. The highest BCUT2D eigenvalue weighted by Crippen LogP contribution is 2.46. The number of fused-ring (bicyclic) bond motifs is 1. The van der Waals surface area contributed by atoms with E-state index in [1.807, 2.05) is 17.0 Å². The number of nitrogens with one attached hydrogen (secondary N) is 1. The number of hydrogen-bond acceptors (Lipinski definition) is 4. The molecule has 1 amide bonds. The summed E-state index contributed by atoms with van der Waals surface area (Å²) in [6, 6.07) is 8.22. The molecule has 2 heterocycles. The van der Waals surface area contributed by atoms with Crippen LogP contribution in [-0.4, -0.2) is 42.3 Å². The van der Waals surface area contributed by atoms with Gasteiger partial charge in [0.1, 0.15) is 0 Å². The number of Topliss-reactive ketones (excluding diaryl/α,β-unsaturated/α-hetero) is 1. The lowest BCUT2D eigenvalue weighted by molar-refractivity contribution is -0.130. The Bertz CT molecular complexity index is 987. The van der Waals surface area contributed by atoms with Gasteiger partial charge in [-0.3, -0.25) is 9.59 Å². The second-order valence-electron chi connectivity index (χ2n) is 11.0. The second kappa shape index (κ2) is 9.00. The molecule has 5 rings (SSSR count). The number of allylic oxidation sites excluding steroid dienone is 3. The van der Waals surface area contributed by atoms with Gasteiger partial charge in [-0.1, -0.05) is 38.1 Å². The minimum atomic E-state index is -0.0709. The van der Waals surface area contributed by atoms with Gasteiger partial charge in [-0.15, -0.1) is 0 Å². The summed E-state index contributed by atoms with van der Waals surface area (Å²) in [5.41, 5.74) is 3.99. The Kier molecular flexibility index (Phi) is 6.07. The number of carbonyl (C=O) groups excluding carboxylic acids is 2. The number of rotatable bonds is 3. The second-order valence-corrected chi connectivity index (χ2v) is 11.0.